The summed E-state index contributed by atoms with van der Waals surface area (Å²) in [6.45, 7) is 0.531. The third kappa shape index (κ3) is 4.50. The summed E-state index contributed by atoms with van der Waals surface area (Å²) in [5.74, 6) is 0.346. The van der Waals surface area contributed by atoms with Crippen molar-refractivity contribution in [3.05, 3.63) is 82.1 Å². The van der Waals surface area contributed by atoms with Gasteiger partial charge in [0.2, 0.25) is 5.95 Å². The van der Waals surface area contributed by atoms with Gasteiger partial charge in [0.15, 0.2) is 0 Å². The molecule has 6 nitrogen and oxygen atoms in total. The Kier molecular flexibility index (Phi) is 5.64. The van der Waals surface area contributed by atoms with Gasteiger partial charge in [-0.3, -0.25) is 9.78 Å². The van der Waals surface area contributed by atoms with Crippen molar-refractivity contribution in [3.63, 3.8) is 0 Å². The van der Waals surface area contributed by atoms with Crippen LogP contribution in [-0.4, -0.2) is 27.4 Å². The maximum atomic E-state index is 12.5. The predicted octanol–water partition coefficient (Wildman–Crippen LogP) is 4.98. The molecule has 0 fully saturated rings. The number of H-pyrrole nitrogens is 1. The van der Waals surface area contributed by atoms with E-state index < -0.39 is 0 Å². The molecule has 0 bridgehead atoms. The second-order valence-corrected chi connectivity index (χ2v) is 7.22. The second-order valence-electron chi connectivity index (χ2n) is 6.41. The van der Waals surface area contributed by atoms with E-state index in [0.717, 1.165) is 23.0 Å². The summed E-state index contributed by atoms with van der Waals surface area (Å²) in [4.78, 5) is 24.1. The van der Waals surface area contributed by atoms with Crippen molar-refractivity contribution in [2.24, 2.45) is 0 Å². The zero-order valence-electron chi connectivity index (χ0n) is 15.2. The van der Waals surface area contributed by atoms with Gasteiger partial charge in [0.05, 0.1) is 26.8 Å². The Bertz CT molecular complexity index is 1140. The average Bonchev–Trinajstić information content (AvgIpc) is 3.13. The molecule has 2 aromatic carbocycles. The lowest BCUT2D eigenvalue weighted by Crippen LogP contribution is -2.25. The molecule has 2 aromatic heterocycles. The van der Waals surface area contributed by atoms with Crippen molar-refractivity contribution in [1.29, 1.82) is 0 Å². The number of hydrogen-bond donors (Lipinski definition) is 3. The molecule has 0 aliphatic heterocycles. The van der Waals surface area contributed by atoms with E-state index in [-0.39, 0.29) is 5.91 Å². The molecule has 2 heterocycles. The maximum Gasteiger partial charge on any atom is 0.251 e. The molecular formula is C21H17Cl2N5O. The third-order valence-electron chi connectivity index (χ3n) is 4.37. The number of nitrogens with one attached hydrogen (secondary N) is 3. The summed E-state index contributed by atoms with van der Waals surface area (Å²) in [5.41, 5.74) is 3.65. The number of aromatic amines is 1. The van der Waals surface area contributed by atoms with Gasteiger partial charge in [0, 0.05) is 24.5 Å². The number of carbonyl (C=O) groups excluding carboxylic acids is 1. The van der Waals surface area contributed by atoms with Crippen LogP contribution < -0.4 is 10.6 Å². The largest absolute Gasteiger partial charge is 0.352 e. The highest BCUT2D eigenvalue weighted by molar-refractivity contribution is 6.39. The zero-order valence-corrected chi connectivity index (χ0v) is 16.8. The molecule has 0 atom stereocenters. The average molecular weight is 426 g/mol. The lowest BCUT2D eigenvalue weighted by molar-refractivity contribution is 0.0954. The Morgan fingerprint density at radius 1 is 1.07 bits per heavy atom. The van der Waals surface area contributed by atoms with Gasteiger partial charge in [0.1, 0.15) is 0 Å². The van der Waals surface area contributed by atoms with E-state index >= 15 is 0 Å². The second kappa shape index (κ2) is 8.51. The number of carbonyl (C=O) groups is 1. The number of anilines is 2. The van der Waals surface area contributed by atoms with Crippen LogP contribution in [0.5, 0.6) is 0 Å². The molecule has 4 rings (SSSR count). The van der Waals surface area contributed by atoms with E-state index in [0.29, 0.717) is 33.8 Å². The van der Waals surface area contributed by atoms with Gasteiger partial charge in [-0.15, -0.1) is 0 Å². The first kappa shape index (κ1) is 19.2. The molecule has 0 saturated heterocycles. The summed E-state index contributed by atoms with van der Waals surface area (Å²) in [7, 11) is 0. The fourth-order valence-corrected chi connectivity index (χ4v) is 3.41. The maximum absolute atomic E-state index is 12.5. The van der Waals surface area contributed by atoms with Crippen LogP contribution in [-0.2, 0) is 6.42 Å². The zero-order chi connectivity index (χ0) is 20.2. The monoisotopic (exact) mass is 425 g/mol. The molecule has 0 aliphatic rings. The summed E-state index contributed by atoms with van der Waals surface area (Å²) in [6, 6.07) is 14.4. The van der Waals surface area contributed by atoms with Crippen LogP contribution in [0.2, 0.25) is 10.0 Å². The van der Waals surface area contributed by atoms with Gasteiger partial charge in [-0.1, -0.05) is 35.3 Å². The van der Waals surface area contributed by atoms with E-state index in [1.54, 1.807) is 48.8 Å². The van der Waals surface area contributed by atoms with Crippen LogP contribution in [0.15, 0.2) is 60.9 Å². The summed E-state index contributed by atoms with van der Waals surface area (Å²) in [6.07, 6.45) is 4.24. The molecule has 1 amide bonds. The van der Waals surface area contributed by atoms with Crippen LogP contribution in [0.4, 0.5) is 11.6 Å². The molecule has 3 N–H and O–H groups in total. The van der Waals surface area contributed by atoms with Gasteiger partial charge in [-0.05, 0) is 48.4 Å². The number of para-hydroxylation sites is 1. The molecule has 146 valence electrons. The Hall–Kier alpha value is -3.09. The molecule has 0 unspecified atom stereocenters. The van der Waals surface area contributed by atoms with Crippen molar-refractivity contribution in [2.75, 3.05) is 11.9 Å². The Morgan fingerprint density at radius 2 is 1.90 bits per heavy atom. The van der Waals surface area contributed by atoms with Gasteiger partial charge in [0.25, 0.3) is 5.91 Å². The number of aromatic nitrogens is 3. The Balaban J connectivity index is 1.46. The lowest BCUT2D eigenvalue weighted by Gasteiger charge is -2.07. The minimum atomic E-state index is -0.144. The fourth-order valence-electron chi connectivity index (χ4n) is 2.91. The fraction of sp³-hybridized carbons (Fsp3) is 0.0952. The van der Waals surface area contributed by atoms with E-state index in [1.165, 1.54) is 0 Å². The van der Waals surface area contributed by atoms with Gasteiger partial charge in [-0.25, -0.2) is 4.98 Å². The molecule has 0 saturated carbocycles. The number of rotatable bonds is 6. The van der Waals surface area contributed by atoms with Crippen LogP contribution in [0.1, 0.15) is 15.9 Å². The normalized spacial score (nSPS) is 10.8. The minimum absolute atomic E-state index is 0.144. The van der Waals surface area contributed by atoms with Crippen molar-refractivity contribution in [2.45, 2.75) is 6.42 Å². The quantitative estimate of drug-likeness (QED) is 0.406. The first-order valence-electron chi connectivity index (χ1n) is 8.98. The topological polar surface area (TPSA) is 82.7 Å². The van der Waals surface area contributed by atoms with Crippen LogP contribution in [0.25, 0.3) is 11.0 Å². The Morgan fingerprint density at radius 3 is 2.66 bits per heavy atom. The SMILES string of the molecule is O=C(NCCc1cccnc1)c1ccc2nc(Nc3c(Cl)cccc3Cl)[nH]c2c1. The van der Waals surface area contributed by atoms with Crippen molar-refractivity contribution in [3.8, 4) is 0 Å². The number of amides is 1. The highest BCUT2D eigenvalue weighted by atomic mass is 35.5. The third-order valence-corrected chi connectivity index (χ3v) is 5.00. The van der Waals surface area contributed by atoms with Crippen molar-refractivity contribution in [1.82, 2.24) is 20.3 Å². The number of nitrogens with zero attached hydrogens (tertiary/aromatic N) is 2. The number of fused-ring (bicyclic) bond motifs is 1. The summed E-state index contributed by atoms with van der Waals surface area (Å²) in [5, 5.41) is 7.00. The summed E-state index contributed by atoms with van der Waals surface area (Å²) >= 11 is 12.4. The highest BCUT2D eigenvalue weighted by Crippen LogP contribution is 2.32. The van der Waals surface area contributed by atoms with Crippen LogP contribution >= 0.6 is 23.2 Å². The molecular weight excluding hydrogens is 409 g/mol. The molecule has 4 aromatic rings. The van der Waals surface area contributed by atoms with E-state index in [2.05, 4.69) is 25.6 Å². The number of benzene rings is 2. The van der Waals surface area contributed by atoms with E-state index in [1.807, 2.05) is 12.1 Å². The number of halogens is 2. The number of hydrogen-bond acceptors (Lipinski definition) is 4. The predicted molar refractivity (Wildman–Crippen MR) is 116 cm³/mol. The van der Waals surface area contributed by atoms with Crippen molar-refractivity contribution >= 4 is 51.8 Å². The van der Waals surface area contributed by atoms with E-state index in [9.17, 15) is 4.79 Å². The molecule has 0 spiro atoms. The van der Waals surface area contributed by atoms with Gasteiger partial charge < -0.3 is 15.6 Å². The standard InChI is InChI=1S/C21H17Cl2N5O/c22-15-4-1-5-16(23)19(15)28-21-26-17-7-6-14(11-18(17)27-21)20(29)25-10-8-13-3-2-9-24-12-13/h1-7,9,11-12H,8,10H2,(H,25,29)(H2,26,27,28). The van der Waals surface area contributed by atoms with Gasteiger partial charge in [-0.2, -0.15) is 0 Å². The number of imidazole rings is 1. The first-order chi connectivity index (χ1) is 14.1. The highest BCUT2D eigenvalue weighted by Gasteiger charge is 2.11. The summed E-state index contributed by atoms with van der Waals surface area (Å²) < 4.78 is 0. The van der Waals surface area contributed by atoms with Crippen molar-refractivity contribution < 1.29 is 4.79 Å². The van der Waals surface area contributed by atoms with Crippen LogP contribution in [0.3, 0.4) is 0 Å². The lowest BCUT2D eigenvalue weighted by atomic mass is 10.1. The molecule has 0 radical (unpaired) electrons. The van der Waals surface area contributed by atoms with Gasteiger partial charge >= 0.3 is 0 Å². The minimum Gasteiger partial charge on any atom is -0.352 e. The van der Waals surface area contributed by atoms with E-state index in [4.69, 9.17) is 23.2 Å². The molecule has 0 aliphatic carbocycles. The Labute approximate surface area is 177 Å². The number of pyridine rings is 1. The first-order valence-corrected chi connectivity index (χ1v) is 9.73. The molecule has 8 heteroatoms. The smallest absolute Gasteiger partial charge is 0.251 e. The van der Waals surface area contributed by atoms with Crippen LogP contribution in [0, 0.1) is 0 Å². The molecule has 29 heavy (non-hydrogen) atoms.